The van der Waals surface area contributed by atoms with E-state index in [1.54, 1.807) is 24.3 Å². The number of benzene rings is 2. The molecule has 0 heterocycles. The molecule has 0 fully saturated rings. The molecule has 2 aromatic rings. The highest BCUT2D eigenvalue weighted by Crippen LogP contribution is 2.28. The Morgan fingerprint density at radius 3 is 1.15 bits per heavy atom. The molecular formula is C34H56Cl2F2N2. The maximum absolute atomic E-state index is 15.2. The van der Waals surface area contributed by atoms with Gasteiger partial charge in [0.15, 0.2) is 0 Å². The van der Waals surface area contributed by atoms with Crippen LogP contribution in [0.3, 0.4) is 0 Å². The van der Waals surface area contributed by atoms with Crippen molar-refractivity contribution in [3.63, 3.8) is 0 Å². The molecule has 2 nitrogen and oxygen atoms in total. The maximum atomic E-state index is 15.2. The van der Waals surface area contributed by atoms with Crippen LogP contribution in [0.4, 0.5) is 8.78 Å². The predicted octanol–water partition coefficient (Wildman–Crippen LogP) is 3.51. The average Bonchev–Trinajstić information content (AvgIpc) is 2.84. The summed E-state index contributed by atoms with van der Waals surface area (Å²) >= 11 is 0. The molecule has 2 rings (SSSR count). The van der Waals surface area contributed by atoms with Crippen LogP contribution in [0.2, 0.25) is 0 Å². The Bertz CT molecular complexity index is 885. The van der Waals surface area contributed by atoms with Gasteiger partial charge in [0, 0.05) is 22.3 Å². The van der Waals surface area contributed by atoms with Gasteiger partial charge in [-0.3, -0.25) is 0 Å². The van der Waals surface area contributed by atoms with E-state index in [0.29, 0.717) is 11.1 Å². The van der Waals surface area contributed by atoms with Crippen molar-refractivity contribution in [1.29, 1.82) is 0 Å². The Labute approximate surface area is 257 Å². The molecular weight excluding hydrogens is 545 g/mol. The Balaban J connectivity index is 0.00000760. The first-order valence-electron chi connectivity index (χ1n) is 15.3. The normalized spacial score (nSPS) is 11.7. The van der Waals surface area contributed by atoms with E-state index < -0.39 is 0 Å². The van der Waals surface area contributed by atoms with Gasteiger partial charge in [-0.2, -0.15) is 0 Å². The molecule has 0 spiro atoms. The molecule has 0 aliphatic rings. The van der Waals surface area contributed by atoms with Gasteiger partial charge >= 0.3 is 0 Å². The first kappa shape index (κ1) is 38.8. The molecule has 2 aromatic carbocycles. The molecule has 0 saturated carbocycles. The summed E-state index contributed by atoms with van der Waals surface area (Å²) in [5.74, 6) is -0.680. The van der Waals surface area contributed by atoms with E-state index in [9.17, 15) is 0 Å². The van der Waals surface area contributed by atoms with Gasteiger partial charge in [0.25, 0.3) is 0 Å². The summed E-state index contributed by atoms with van der Waals surface area (Å²) in [6.45, 7) is 8.20. The molecule has 6 heteroatoms. The summed E-state index contributed by atoms with van der Waals surface area (Å²) in [6.07, 6.45) is 15.4. The molecule has 0 atom stereocenters. The van der Waals surface area contributed by atoms with Crippen molar-refractivity contribution >= 4 is 0 Å². The van der Waals surface area contributed by atoms with Crippen molar-refractivity contribution in [1.82, 2.24) is 0 Å². The quantitative estimate of drug-likeness (QED) is 0.171. The van der Waals surface area contributed by atoms with E-state index in [1.165, 1.54) is 77.0 Å². The Morgan fingerprint density at radius 2 is 0.825 bits per heavy atom. The summed E-state index contributed by atoms with van der Waals surface area (Å²) in [5, 5.41) is 0. The summed E-state index contributed by atoms with van der Waals surface area (Å²) in [6, 6.07) is 10.6. The van der Waals surface area contributed by atoms with Crippen molar-refractivity contribution in [2.75, 3.05) is 41.3 Å². The lowest BCUT2D eigenvalue weighted by atomic mass is 10.00. The second-order valence-corrected chi connectivity index (χ2v) is 12.8. The molecule has 0 N–H and O–H groups in total. The summed E-state index contributed by atoms with van der Waals surface area (Å²) in [5.41, 5.74) is 2.63. The van der Waals surface area contributed by atoms with Crippen LogP contribution in [0.15, 0.2) is 36.4 Å². The topological polar surface area (TPSA) is 0 Å². The van der Waals surface area contributed by atoms with E-state index in [4.69, 9.17) is 0 Å². The van der Waals surface area contributed by atoms with E-state index in [-0.39, 0.29) is 36.4 Å². The molecule has 40 heavy (non-hydrogen) atoms. The Hall–Kier alpha value is -1.20. The third kappa shape index (κ3) is 14.6. The zero-order valence-electron chi connectivity index (χ0n) is 26.2. The zero-order chi connectivity index (χ0) is 28.0. The van der Waals surface area contributed by atoms with Crippen LogP contribution in [0.5, 0.6) is 0 Å². The summed E-state index contributed by atoms with van der Waals surface area (Å²) < 4.78 is 32.0. The van der Waals surface area contributed by atoms with E-state index in [0.717, 1.165) is 46.3 Å². The van der Waals surface area contributed by atoms with Crippen LogP contribution >= 0.6 is 0 Å². The van der Waals surface area contributed by atoms with Gasteiger partial charge in [-0.1, -0.05) is 89.5 Å². The molecule has 0 aliphatic carbocycles. The van der Waals surface area contributed by atoms with E-state index in [2.05, 4.69) is 42.0 Å². The number of halogens is 4. The second-order valence-electron chi connectivity index (χ2n) is 12.8. The van der Waals surface area contributed by atoms with E-state index in [1.807, 2.05) is 12.1 Å². The van der Waals surface area contributed by atoms with Crippen molar-refractivity contribution in [2.24, 2.45) is 0 Å². The lowest BCUT2D eigenvalue weighted by Gasteiger charge is -2.30. The van der Waals surface area contributed by atoms with Crippen molar-refractivity contribution in [3.8, 4) is 11.1 Å². The van der Waals surface area contributed by atoms with Gasteiger partial charge in [-0.15, -0.1) is 0 Å². The second kappa shape index (κ2) is 19.8. The average molecular weight is 602 g/mol. The Morgan fingerprint density at radius 1 is 0.500 bits per heavy atom. The number of hydrogen-bond donors (Lipinski definition) is 0. The minimum Gasteiger partial charge on any atom is -1.00 e. The van der Waals surface area contributed by atoms with Crippen LogP contribution in [0.25, 0.3) is 11.1 Å². The van der Waals surface area contributed by atoms with Crippen LogP contribution in [-0.4, -0.2) is 50.2 Å². The fraction of sp³-hybridized carbons (Fsp3) is 0.647. The molecule has 0 bridgehead atoms. The smallest absolute Gasteiger partial charge is 0.131 e. The van der Waals surface area contributed by atoms with Crippen LogP contribution in [-0.2, 0) is 13.1 Å². The first-order valence-corrected chi connectivity index (χ1v) is 15.3. The SMILES string of the molecule is CCCCCCCC[N+](C)(C)Cc1ccc(-c2ccc(C[N+](C)(C)CCCCCCCC)cc2F)c(F)c1.[Cl-].[Cl-]. The van der Waals surface area contributed by atoms with Crippen LogP contribution in [0, 0.1) is 11.6 Å². The number of nitrogens with zero attached hydrogens (tertiary/aromatic N) is 2. The van der Waals surface area contributed by atoms with Crippen LogP contribution < -0.4 is 24.8 Å². The first-order chi connectivity index (χ1) is 18.1. The highest BCUT2D eigenvalue weighted by Gasteiger charge is 2.20. The number of quaternary nitrogens is 2. The third-order valence-electron chi connectivity index (χ3n) is 7.81. The van der Waals surface area contributed by atoms with Gasteiger partial charge in [-0.25, -0.2) is 8.78 Å². The number of hydrogen-bond acceptors (Lipinski definition) is 0. The number of unbranched alkanes of at least 4 members (excludes halogenated alkanes) is 10. The van der Waals surface area contributed by atoms with Gasteiger partial charge in [0.1, 0.15) is 24.7 Å². The molecule has 0 aliphatic heterocycles. The molecule has 0 aromatic heterocycles. The highest BCUT2D eigenvalue weighted by molar-refractivity contribution is 5.65. The zero-order valence-corrected chi connectivity index (χ0v) is 27.7. The van der Waals surface area contributed by atoms with E-state index >= 15 is 8.78 Å². The number of rotatable bonds is 19. The van der Waals surface area contributed by atoms with Crippen molar-refractivity contribution < 1.29 is 42.6 Å². The molecule has 230 valence electrons. The lowest BCUT2D eigenvalue weighted by molar-refractivity contribution is -0.903. The summed E-state index contributed by atoms with van der Waals surface area (Å²) in [7, 11) is 8.84. The minimum atomic E-state index is -0.340. The Kier molecular flexibility index (Phi) is 19.2. The monoisotopic (exact) mass is 600 g/mol. The maximum Gasteiger partial charge on any atom is 0.131 e. The van der Waals surface area contributed by atoms with Gasteiger partial charge in [0.05, 0.1) is 41.3 Å². The predicted molar refractivity (Wildman–Crippen MR) is 160 cm³/mol. The standard InChI is InChI=1S/C34H56F2N2.2ClH/c1-7-9-11-13-15-17-23-37(3,4)27-29-19-21-31(33(35)25-29)32-22-20-30(26-34(32)36)28-38(5,6)24-18-16-14-12-10-8-2;;/h19-22,25-26H,7-18,23-24,27-28H2,1-6H3;2*1H/q+2;;/p-2. The highest BCUT2D eigenvalue weighted by atomic mass is 35.5. The fourth-order valence-corrected chi connectivity index (χ4v) is 5.54. The third-order valence-corrected chi connectivity index (χ3v) is 7.81. The lowest BCUT2D eigenvalue weighted by Crippen LogP contribution is -3.00. The molecule has 0 amide bonds. The van der Waals surface area contributed by atoms with Gasteiger partial charge < -0.3 is 33.8 Å². The van der Waals surface area contributed by atoms with Gasteiger partial charge in [-0.05, 0) is 37.8 Å². The molecule has 0 unspecified atom stereocenters. The van der Waals surface area contributed by atoms with Gasteiger partial charge in [0.2, 0.25) is 0 Å². The minimum absolute atomic E-state index is 0. The fourth-order valence-electron chi connectivity index (χ4n) is 5.54. The van der Waals surface area contributed by atoms with Crippen LogP contribution in [0.1, 0.15) is 102 Å². The largest absolute Gasteiger partial charge is 1.00 e. The van der Waals surface area contributed by atoms with Crippen molar-refractivity contribution in [3.05, 3.63) is 59.2 Å². The molecule has 0 saturated heterocycles. The molecule has 0 radical (unpaired) electrons. The van der Waals surface area contributed by atoms with Crippen molar-refractivity contribution in [2.45, 2.75) is 104 Å². The summed E-state index contributed by atoms with van der Waals surface area (Å²) in [4.78, 5) is 0.